The zero-order valence-electron chi connectivity index (χ0n) is 21.4. The Bertz CT molecular complexity index is 974. The first kappa shape index (κ1) is 28.1. The molecule has 0 aliphatic heterocycles. The molecule has 0 spiro atoms. The van der Waals surface area contributed by atoms with Crippen LogP contribution in [-0.2, 0) is 18.7 Å². The zero-order valence-corrected chi connectivity index (χ0v) is 22.4. The van der Waals surface area contributed by atoms with Crippen molar-refractivity contribution in [2.45, 2.75) is 52.0 Å². The highest BCUT2D eigenvalue weighted by molar-refractivity contribution is 6.99. The van der Waals surface area contributed by atoms with Gasteiger partial charge in [-0.3, -0.25) is 0 Å². The standard InChI is InChI=1S/C27H36N2O5Si/c1-6-21(20-33-26(31)24(29-28)25(30)32-5)14-13-19-34-35(27(2,3)4,22-15-9-7-10-16-22)23-17-11-8-12-18-23/h7-12,15-18,21H,6,13-14,19-20H2,1-5H3/p+1/t21-/m0/s1. The van der Waals surface area contributed by atoms with Crippen molar-refractivity contribution >= 4 is 24.7 Å². The fourth-order valence-electron chi connectivity index (χ4n) is 4.29. The van der Waals surface area contributed by atoms with Gasteiger partial charge >= 0.3 is 17.6 Å². The summed E-state index contributed by atoms with van der Waals surface area (Å²) in [6.07, 6.45) is 2.41. The van der Waals surface area contributed by atoms with Crippen molar-refractivity contribution in [3.8, 4) is 0 Å². The fourth-order valence-corrected chi connectivity index (χ4v) is 8.90. The number of hydrogen-bond acceptors (Lipinski definition) is 6. The summed E-state index contributed by atoms with van der Waals surface area (Å²) >= 11 is 0. The molecule has 2 aromatic carbocycles. The number of carbonyl (C=O) groups is 1. The van der Waals surface area contributed by atoms with E-state index in [1.54, 1.807) is 0 Å². The van der Waals surface area contributed by atoms with E-state index in [4.69, 9.17) is 14.6 Å². The van der Waals surface area contributed by atoms with Gasteiger partial charge in [-0.1, -0.05) is 94.8 Å². The summed E-state index contributed by atoms with van der Waals surface area (Å²) in [5.74, 6) is -1.62. The maximum absolute atomic E-state index is 12.1. The minimum absolute atomic E-state index is 0.0880. The van der Waals surface area contributed by atoms with Crippen LogP contribution in [0.15, 0.2) is 72.3 Å². The molecule has 0 fully saturated rings. The highest BCUT2D eigenvalue weighted by Gasteiger charge is 2.50. The maximum atomic E-state index is 12.1. The van der Waals surface area contributed by atoms with Crippen molar-refractivity contribution in [2.75, 3.05) is 20.3 Å². The molecule has 35 heavy (non-hydrogen) atoms. The lowest BCUT2D eigenvalue weighted by Gasteiger charge is -2.43. The molecule has 0 heterocycles. The first-order valence-corrected chi connectivity index (χ1v) is 13.9. The van der Waals surface area contributed by atoms with Gasteiger partial charge in [-0.25, -0.2) is 4.79 Å². The Morgan fingerprint density at radius 2 is 1.60 bits per heavy atom. The molecule has 0 radical (unpaired) electrons. The topological polar surface area (TPSA) is 93.1 Å². The van der Waals surface area contributed by atoms with Gasteiger partial charge in [0.1, 0.15) is 0 Å². The Labute approximate surface area is 209 Å². The van der Waals surface area contributed by atoms with Crippen LogP contribution in [0.4, 0.5) is 0 Å². The second kappa shape index (κ2) is 13.1. The summed E-state index contributed by atoms with van der Waals surface area (Å²) < 4.78 is 16.7. The normalized spacial score (nSPS) is 13.4. The molecule has 0 unspecified atom stereocenters. The summed E-state index contributed by atoms with van der Waals surface area (Å²) in [6, 6.07) is 21.0. The predicted molar refractivity (Wildman–Crippen MR) is 139 cm³/mol. The highest BCUT2D eigenvalue weighted by atomic mass is 28.4. The van der Waals surface area contributed by atoms with Crippen LogP contribution in [0, 0.1) is 11.3 Å². The number of rotatable bonds is 12. The van der Waals surface area contributed by atoms with Crippen LogP contribution in [0.1, 0.15) is 47.0 Å². The summed E-state index contributed by atoms with van der Waals surface area (Å²) in [6.45, 7) is 9.51. The number of hydrogen-bond donors (Lipinski definition) is 1. The minimum Gasteiger partial charge on any atom is -0.475 e. The van der Waals surface area contributed by atoms with Crippen molar-refractivity contribution in [1.82, 2.24) is 0 Å². The molecule has 0 aromatic heterocycles. The molecule has 0 amide bonds. The molecule has 0 saturated heterocycles. The third-order valence-corrected chi connectivity index (χ3v) is 11.3. The maximum Gasteiger partial charge on any atom is 0.547 e. The molecule has 0 bridgehead atoms. The van der Waals surface area contributed by atoms with Crippen LogP contribution in [0.2, 0.25) is 5.04 Å². The molecule has 2 aromatic rings. The Kier molecular flexibility index (Phi) is 10.5. The van der Waals surface area contributed by atoms with Gasteiger partial charge in [0.2, 0.25) is 5.39 Å². The summed E-state index contributed by atoms with van der Waals surface area (Å²) in [4.78, 5) is 14.8. The monoisotopic (exact) mass is 497 g/mol. The third-order valence-electron chi connectivity index (χ3n) is 6.21. The average molecular weight is 498 g/mol. The number of aliphatic hydroxyl groups excluding tert-OH is 1. The molecule has 188 valence electrons. The summed E-state index contributed by atoms with van der Waals surface area (Å²) in [5.41, 5.74) is -0.655. The molecule has 8 heteroatoms. The number of aliphatic hydroxyl groups is 1. The number of nitrogens with zero attached hydrogens (tertiary/aromatic N) is 2. The minimum atomic E-state index is -2.58. The van der Waals surface area contributed by atoms with Gasteiger partial charge < -0.3 is 19.0 Å². The second-order valence-electron chi connectivity index (χ2n) is 9.48. The number of benzene rings is 2. The van der Waals surface area contributed by atoms with Crippen LogP contribution in [0.5, 0.6) is 0 Å². The van der Waals surface area contributed by atoms with E-state index in [2.05, 4.69) is 79.0 Å². The molecule has 0 aliphatic rings. The van der Waals surface area contributed by atoms with Crippen molar-refractivity contribution < 1.29 is 23.8 Å². The van der Waals surface area contributed by atoms with Gasteiger partial charge in [0.15, 0.2) is 4.98 Å². The number of ether oxygens (including phenoxy) is 2. The third kappa shape index (κ3) is 6.93. The Morgan fingerprint density at radius 1 is 1.06 bits per heavy atom. The first-order valence-electron chi connectivity index (χ1n) is 12.0. The average Bonchev–Trinajstić information content (AvgIpc) is 2.86. The number of esters is 1. The molecule has 1 N–H and O–H groups in total. The summed E-state index contributed by atoms with van der Waals surface area (Å²) in [5, 5.41) is 20.8. The molecular weight excluding hydrogens is 460 g/mol. The van der Waals surface area contributed by atoms with E-state index in [9.17, 15) is 9.90 Å². The smallest absolute Gasteiger partial charge is 0.475 e. The van der Waals surface area contributed by atoms with Crippen LogP contribution >= 0.6 is 0 Å². The Hall–Kier alpha value is -3.15. The summed E-state index contributed by atoms with van der Waals surface area (Å²) in [7, 11) is -1.42. The van der Waals surface area contributed by atoms with Crippen molar-refractivity contribution in [1.29, 1.82) is 5.39 Å². The van der Waals surface area contributed by atoms with Crippen molar-refractivity contribution in [2.24, 2.45) is 5.92 Å². The quantitative estimate of drug-likeness (QED) is 0.109. The predicted octanol–water partition coefficient (Wildman–Crippen LogP) is 5.14. The van der Waals surface area contributed by atoms with E-state index in [0.29, 0.717) is 6.61 Å². The van der Waals surface area contributed by atoms with E-state index in [-0.39, 0.29) is 17.6 Å². The van der Waals surface area contributed by atoms with Gasteiger partial charge in [-0.05, 0) is 34.2 Å². The molecule has 0 aliphatic carbocycles. The van der Waals surface area contributed by atoms with Gasteiger partial charge in [0.05, 0.1) is 13.7 Å². The van der Waals surface area contributed by atoms with Gasteiger partial charge in [0.25, 0.3) is 8.32 Å². The second-order valence-corrected chi connectivity index (χ2v) is 13.8. The molecular formula is C27H37N2O5Si+. The highest BCUT2D eigenvalue weighted by Crippen LogP contribution is 2.37. The van der Waals surface area contributed by atoms with E-state index in [1.807, 2.05) is 19.1 Å². The first-order chi connectivity index (χ1) is 16.7. The van der Waals surface area contributed by atoms with Crippen LogP contribution in [0.3, 0.4) is 0 Å². The molecule has 1 atom stereocenters. The SMILES string of the molecule is CC[C@@H](CCCO[Si](c1ccccc1)(c1ccccc1)C(C)(C)C)COC(=O)/C([N+]#N)=C(\O)OC. The molecule has 2 rings (SSSR count). The van der Waals surface area contributed by atoms with Crippen LogP contribution in [-0.4, -0.2) is 39.7 Å². The van der Waals surface area contributed by atoms with Crippen molar-refractivity contribution in [3.63, 3.8) is 0 Å². The van der Waals surface area contributed by atoms with Crippen molar-refractivity contribution in [3.05, 3.63) is 77.3 Å². The van der Waals surface area contributed by atoms with Gasteiger partial charge in [-0.2, -0.15) is 0 Å². The lowest BCUT2D eigenvalue weighted by molar-refractivity contribution is -0.140. The van der Waals surface area contributed by atoms with Gasteiger partial charge in [-0.15, -0.1) is 0 Å². The van der Waals surface area contributed by atoms with E-state index in [0.717, 1.165) is 26.4 Å². The number of methoxy groups -OCH3 is 1. The zero-order chi connectivity index (χ0) is 25.9. The Morgan fingerprint density at radius 3 is 2.03 bits per heavy atom. The van der Waals surface area contributed by atoms with Gasteiger partial charge in [0, 0.05) is 6.61 Å². The van der Waals surface area contributed by atoms with E-state index in [1.165, 1.54) is 10.4 Å². The lowest BCUT2D eigenvalue weighted by Crippen LogP contribution is -2.66. The van der Waals surface area contributed by atoms with Crippen LogP contribution < -0.4 is 10.4 Å². The van der Waals surface area contributed by atoms with E-state index < -0.39 is 25.9 Å². The largest absolute Gasteiger partial charge is 0.547 e. The number of diazo groups is 1. The lowest BCUT2D eigenvalue weighted by atomic mass is 10.0. The fraction of sp³-hybridized carbons (Fsp3) is 0.444. The number of carbonyl (C=O) groups excluding carboxylic acids is 1. The Balaban J connectivity index is 2.11. The van der Waals surface area contributed by atoms with Crippen LogP contribution in [0.25, 0.3) is 4.98 Å². The van der Waals surface area contributed by atoms with E-state index >= 15 is 0 Å². The molecule has 7 nitrogen and oxygen atoms in total. The molecule has 0 saturated carbocycles.